The molecule has 0 unspecified atom stereocenters. The Hall–Kier alpha value is -2.99. The van der Waals surface area contributed by atoms with E-state index in [1.54, 1.807) is 0 Å². The predicted molar refractivity (Wildman–Crippen MR) is 153 cm³/mol. The largest absolute Gasteiger partial charge is 0.493 e. The van der Waals surface area contributed by atoms with Crippen LogP contribution in [0.4, 0.5) is 0 Å². The smallest absolute Gasteiger partial charge is 0.174 e. The van der Waals surface area contributed by atoms with Crippen molar-refractivity contribution in [2.24, 2.45) is 0 Å². The van der Waals surface area contributed by atoms with Crippen molar-refractivity contribution in [3.63, 3.8) is 0 Å². The van der Waals surface area contributed by atoms with Gasteiger partial charge in [0.1, 0.15) is 5.75 Å². The Morgan fingerprint density at radius 1 is 0.974 bits per heavy atom. The molecule has 0 atom stereocenters. The first-order valence-electron chi connectivity index (χ1n) is 14.4. The molecule has 2 N–H and O–H groups in total. The summed E-state index contributed by atoms with van der Waals surface area (Å²) >= 11 is 0. The van der Waals surface area contributed by atoms with Gasteiger partial charge in [-0.1, -0.05) is 80.8 Å². The summed E-state index contributed by atoms with van der Waals surface area (Å²) in [4.78, 5) is 0. The number of benzene rings is 2. The molecule has 0 spiro atoms. The van der Waals surface area contributed by atoms with E-state index in [0.717, 1.165) is 69.4 Å². The van der Waals surface area contributed by atoms with Gasteiger partial charge in [0.25, 0.3) is 0 Å². The Bertz CT molecular complexity index is 1190. The number of nitrogens with zero attached hydrogens (tertiary/aromatic N) is 3. The maximum Gasteiger partial charge on any atom is 0.174 e. The second-order valence-electron chi connectivity index (χ2n) is 11.0. The van der Waals surface area contributed by atoms with Crippen molar-refractivity contribution in [1.29, 1.82) is 0 Å². The summed E-state index contributed by atoms with van der Waals surface area (Å²) in [5, 5.41) is 25.0. The van der Waals surface area contributed by atoms with Crippen LogP contribution in [-0.4, -0.2) is 37.9 Å². The number of rotatable bonds is 12. The Morgan fingerprint density at radius 2 is 1.68 bits per heavy atom. The minimum absolute atomic E-state index is 0.0531. The molecule has 1 aliphatic rings. The normalized spacial score (nSPS) is 15.7. The maximum atomic E-state index is 10.9. The fraction of sp³-hybridized carbons (Fsp3) is 0.531. The van der Waals surface area contributed by atoms with Gasteiger partial charge in [-0.25, -0.2) is 0 Å². The van der Waals surface area contributed by atoms with Crippen molar-refractivity contribution in [3.05, 3.63) is 76.1 Å². The van der Waals surface area contributed by atoms with Crippen LogP contribution >= 0.6 is 0 Å². The zero-order valence-electron chi connectivity index (χ0n) is 23.6. The van der Waals surface area contributed by atoms with Crippen LogP contribution in [0.5, 0.6) is 5.75 Å². The minimum atomic E-state index is -0.643. The number of hydrogen-bond donors (Lipinski definition) is 2. The fourth-order valence-electron chi connectivity index (χ4n) is 5.93. The van der Waals surface area contributed by atoms with E-state index in [2.05, 4.69) is 90.8 Å². The number of aromatic amines is 1. The van der Waals surface area contributed by atoms with E-state index in [1.165, 1.54) is 34.2 Å². The maximum absolute atomic E-state index is 10.9. The van der Waals surface area contributed by atoms with Gasteiger partial charge in [-0.15, -0.1) is 10.2 Å². The van der Waals surface area contributed by atoms with Crippen molar-refractivity contribution in [3.8, 4) is 5.75 Å². The average Bonchev–Trinajstić information content (AvgIpc) is 3.44. The molecular weight excluding hydrogens is 472 g/mol. The third kappa shape index (κ3) is 6.52. The Balaban J connectivity index is 1.46. The molecule has 204 valence electrons. The highest BCUT2D eigenvalue weighted by atomic mass is 16.5. The number of nitrogens with one attached hydrogen (secondary N) is 1. The van der Waals surface area contributed by atoms with Gasteiger partial charge < -0.3 is 9.84 Å². The molecule has 1 saturated carbocycles. The Morgan fingerprint density at radius 3 is 2.32 bits per heavy atom. The van der Waals surface area contributed by atoms with Crippen LogP contribution in [0, 0.1) is 13.8 Å². The second-order valence-corrected chi connectivity index (χ2v) is 11.0. The summed E-state index contributed by atoms with van der Waals surface area (Å²) in [6, 6.07) is 13.6. The van der Waals surface area contributed by atoms with E-state index >= 15 is 0 Å². The number of unbranched alkanes of at least 4 members (excludes halogenated alkanes) is 1. The zero-order chi connectivity index (χ0) is 27.0. The number of aliphatic hydroxyl groups is 1. The van der Waals surface area contributed by atoms with Gasteiger partial charge in [-0.3, -0.25) is 0 Å². The molecule has 6 nitrogen and oxygen atoms in total. The van der Waals surface area contributed by atoms with Crippen molar-refractivity contribution >= 4 is 6.08 Å². The zero-order valence-corrected chi connectivity index (χ0v) is 23.6. The number of aryl methyl sites for hydroxylation is 3. The monoisotopic (exact) mass is 516 g/mol. The molecule has 1 aliphatic carbocycles. The van der Waals surface area contributed by atoms with Gasteiger partial charge in [-0.05, 0) is 86.3 Å². The van der Waals surface area contributed by atoms with Crippen molar-refractivity contribution in [1.82, 2.24) is 20.6 Å². The molecule has 38 heavy (non-hydrogen) atoms. The number of aromatic nitrogens is 4. The topological polar surface area (TPSA) is 83.9 Å². The summed E-state index contributed by atoms with van der Waals surface area (Å²) in [6.45, 7) is 9.58. The summed E-state index contributed by atoms with van der Waals surface area (Å²) in [5.41, 5.74) is 5.60. The Labute approximate surface area is 227 Å². The average molecular weight is 517 g/mol. The molecule has 1 heterocycles. The Kier molecular flexibility index (Phi) is 9.37. The molecule has 0 bridgehead atoms. The van der Waals surface area contributed by atoms with E-state index in [4.69, 9.17) is 4.74 Å². The van der Waals surface area contributed by atoms with Crippen LogP contribution in [0.2, 0.25) is 0 Å². The van der Waals surface area contributed by atoms with Crippen molar-refractivity contribution in [2.75, 3.05) is 6.61 Å². The fourth-order valence-corrected chi connectivity index (χ4v) is 5.93. The number of H-pyrrole nitrogens is 1. The lowest BCUT2D eigenvalue weighted by Crippen LogP contribution is -2.28. The van der Waals surface area contributed by atoms with E-state index in [0.29, 0.717) is 6.61 Å². The van der Waals surface area contributed by atoms with E-state index in [-0.39, 0.29) is 5.41 Å². The summed E-state index contributed by atoms with van der Waals surface area (Å²) in [6.07, 6.45) is 14.1. The van der Waals surface area contributed by atoms with Gasteiger partial charge in [0.15, 0.2) is 5.82 Å². The molecule has 6 heteroatoms. The van der Waals surface area contributed by atoms with Crippen LogP contribution in [0.1, 0.15) is 105 Å². The lowest BCUT2D eigenvalue weighted by Gasteiger charge is -2.34. The van der Waals surface area contributed by atoms with Crippen LogP contribution in [0.15, 0.2) is 42.5 Å². The second kappa shape index (κ2) is 12.7. The predicted octanol–water partition coefficient (Wildman–Crippen LogP) is 7.03. The highest BCUT2D eigenvalue weighted by Crippen LogP contribution is 2.41. The highest BCUT2D eigenvalue weighted by Gasteiger charge is 2.31. The van der Waals surface area contributed by atoms with Crippen LogP contribution in [-0.2, 0) is 11.8 Å². The quantitative estimate of drug-likeness (QED) is 0.252. The lowest BCUT2D eigenvalue weighted by molar-refractivity contribution is 0.0521. The molecule has 0 aliphatic heterocycles. The third-order valence-electron chi connectivity index (χ3n) is 8.49. The van der Waals surface area contributed by atoms with Gasteiger partial charge in [0, 0.05) is 11.8 Å². The van der Waals surface area contributed by atoms with Crippen LogP contribution < -0.4 is 4.74 Å². The van der Waals surface area contributed by atoms with Crippen molar-refractivity contribution in [2.45, 2.75) is 103 Å². The number of tetrazole rings is 1. The standard InChI is InChI=1S/C32H44N4O2/c1-5-32(6-2,27-14-13-26(24(3)22-27)17-20-31(37)18-9-7-10-19-31)28-15-16-29(25(4)23-28)38-21-11-8-12-30-33-35-36-34-30/h13-17,20,22-23,37H,5-12,18-19,21H2,1-4H3,(H,33,34,35,36)/b20-17+. The van der Waals surface area contributed by atoms with E-state index in [1.807, 2.05) is 6.08 Å². The molecular formula is C32H44N4O2. The summed E-state index contributed by atoms with van der Waals surface area (Å²) in [7, 11) is 0. The molecule has 0 saturated heterocycles. The van der Waals surface area contributed by atoms with Gasteiger partial charge in [-0.2, -0.15) is 5.21 Å². The third-order valence-corrected chi connectivity index (χ3v) is 8.49. The first kappa shape index (κ1) is 28.0. The van der Waals surface area contributed by atoms with Gasteiger partial charge in [0.2, 0.25) is 0 Å². The number of ether oxygens (including phenoxy) is 1. The molecule has 1 fully saturated rings. The highest BCUT2D eigenvalue weighted by molar-refractivity contribution is 5.57. The van der Waals surface area contributed by atoms with E-state index in [9.17, 15) is 5.11 Å². The molecule has 4 rings (SSSR count). The van der Waals surface area contributed by atoms with Gasteiger partial charge >= 0.3 is 0 Å². The van der Waals surface area contributed by atoms with E-state index < -0.39 is 5.60 Å². The van der Waals surface area contributed by atoms with Crippen LogP contribution in [0.25, 0.3) is 6.08 Å². The van der Waals surface area contributed by atoms with Gasteiger partial charge in [0.05, 0.1) is 12.2 Å². The minimum Gasteiger partial charge on any atom is -0.493 e. The molecule has 3 aromatic rings. The first-order chi connectivity index (χ1) is 18.4. The van der Waals surface area contributed by atoms with Crippen LogP contribution in [0.3, 0.4) is 0 Å². The summed E-state index contributed by atoms with van der Waals surface area (Å²) in [5.74, 6) is 1.70. The molecule has 0 radical (unpaired) electrons. The molecule has 2 aromatic carbocycles. The van der Waals surface area contributed by atoms with Crippen molar-refractivity contribution < 1.29 is 9.84 Å². The molecule has 0 amide bonds. The molecule has 1 aromatic heterocycles. The summed E-state index contributed by atoms with van der Waals surface area (Å²) < 4.78 is 6.12. The number of hydrogen-bond acceptors (Lipinski definition) is 5. The lowest BCUT2D eigenvalue weighted by atomic mass is 9.70. The SMILES string of the molecule is CCC(CC)(c1ccc(/C=C/C2(O)CCCCC2)c(C)c1)c1ccc(OCCCCc2nn[nH]n2)c(C)c1. The first-order valence-corrected chi connectivity index (χ1v) is 14.4.